The van der Waals surface area contributed by atoms with E-state index in [4.69, 9.17) is 0 Å². The molecule has 1 aromatic heterocycles. The average Bonchev–Trinajstić information content (AvgIpc) is 2.92. The van der Waals surface area contributed by atoms with Crippen molar-refractivity contribution >= 4 is 5.91 Å². The summed E-state index contributed by atoms with van der Waals surface area (Å²) in [6.07, 6.45) is 2.62. The maximum Gasteiger partial charge on any atom is 0.255 e. The first-order valence-electron chi connectivity index (χ1n) is 7.88. The molecule has 2 aromatic rings. The smallest absolute Gasteiger partial charge is 0.255 e. The SMILES string of the molecule is Cc1c(C(=O)NC2CNCCC2C)cnn1-c1ccc(F)cc1. The van der Waals surface area contributed by atoms with E-state index in [-0.39, 0.29) is 17.8 Å². The lowest BCUT2D eigenvalue weighted by molar-refractivity contribution is 0.0914. The number of piperidine rings is 1. The van der Waals surface area contributed by atoms with Crippen LogP contribution in [0.5, 0.6) is 0 Å². The highest BCUT2D eigenvalue weighted by Crippen LogP contribution is 2.16. The summed E-state index contributed by atoms with van der Waals surface area (Å²) in [6, 6.07) is 6.18. The summed E-state index contributed by atoms with van der Waals surface area (Å²) < 4.78 is 14.7. The second-order valence-corrected chi connectivity index (χ2v) is 6.08. The van der Waals surface area contributed by atoms with E-state index < -0.39 is 0 Å². The van der Waals surface area contributed by atoms with Crippen LogP contribution in [0, 0.1) is 18.7 Å². The van der Waals surface area contributed by atoms with Gasteiger partial charge in [-0.25, -0.2) is 9.07 Å². The molecule has 1 saturated heterocycles. The molecule has 0 aliphatic carbocycles. The van der Waals surface area contributed by atoms with Gasteiger partial charge >= 0.3 is 0 Å². The zero-order chi connectivity index (χ0) is 16.4. The van der Waals surface area contributed by atoms with E-state index in [1.165, 1.54) is 12.1 Å². The van der Waals surface area contributed by atoms with Crippen molar-refractivity contribution in [1.82, 2.24) is 20.4 Å². The minimum Gasteiger partial charge on any atom is -0.348 e. The van der Waals surface area contributed by atoms with Crippen LogP contribution in [0.3, 0.4) is 0 Å². The van der Waals surface area contributed by atoms with Crippen LogP contribution in [0.1, 0.15) is 29.4 Å². The van der Waals surface area contributed by atoms with Gasteiger partial charge in [0.2, 0.25) is 0 Å². The number of hydrogen-bond acceptors (Lipinski definition) is 3. The van der Waals surface area contributed by atoms with Crippen molar-refractivity contribution in [3.63, 3.8) is 0 Å². The number of halogens is 1. The summed E-state index contributed by atoms with van der Waals surface area (Å²) >= 11 is 0. The molecule has 1 fully saturated rings. The maximum atomic E-state index is 13.0. The lowest BCUT2D eigenvalue weighted by atomic mass is 9.94. The van der Waals surface area contributed by atoms with Gasteiger partial charge < -0.3 is 10.6 Å². The van der Waals surface area contributed by atoms with E-state index >= 15 is 0 Å². The van der Waals surface area contributed by atoms with Crippen molar-refractivity contribution in [3.8, 4) is 5.69 Å². The number of nitrogens with one attached hydrogen (secondary N) is 2. The quantitative estimate of drug-likeness (QED) is 0.911. The van der Waals surface area contributed by atoms with Crippen molar-refractivity contribution in [2.75, 3.05) is 13.1 Å². The van der Waals surface area contributed by atoms with Crippen molar-refractivity contribution < 1.29 is 9.18 Å². The number of hydrogen-bond donors (Lipinski definition) is 2. The topological polar surface area (TPSA) is 59.0 Å². The van der Waals surface area contributed by atoms with Crippen molar-refractivity contribution in [3.05, 3.63) is 47.5 Å². The first-order chi connectivity index (χ1) is 11.1. The highest BCUT2D eigenvalue weighted by Gasteiger charge is 2.24. The van der Waals surface area contributed by atoms with E-state index in [1.54, 1.807) is 23.0 Å². The first kappa shape index (κ1) is 15.7. The van der Waals surface area contributed by atoms with E-state index in [0.29, 0.717) is 11.5 Å². The summed E-state index contributed by atoms with van der Waals surface area (Å²) in [7, 11) is 0. The van der Waals surface area contributed by atoms with E-state index in [2.05, 4.69) is 22.7 Å². The Hall–Kier alpha value is -2.21. The van der Waals surface area contributed by atoms with Gasteiger partial charge in [0.05, 0.1) is 23.1 Å². The Labute approximate surface area is 134 Å². The molecule has 1 aliphatic rings. The van der Waals surface area contributed by atoms with Gasteiger partial charge in [-0.1, -0.05) is 6.92 Å². The van der Waals surface area contributed by atoms with Gasteiger partial charge in [0.15, 0.2) is 0 Å². The van der Waals surface area contributed by atoms with Gasteiger partial charge in [0, 0.05) is 12.6 Å². The van der Waals surface area contributed by atoms with Crippen LogP contribution >= 0.6 is 0 Å². The van der Waals surface area contributed by atoms with Crippen molar-refractivity contribution in [2.24, 2.45) is 5.92 Å². The van der Waals surface area contributed by atoms with Crippen LogP contribution in [-0.4, -0.2) is 34.8 Å². The molecule has 5 nitrogen and oxygen atoms in total. The van der Waals surface area contributed by atoms with E-state index in [0.717, 1.165) is 30.9 Å². The molecule has 1 amide bonds. The zero-order valence-electron chi connectivity index (χ0n) is 13.3. The number of carbonyl (C=O) groups is 1. The fourth-order valence-electron chi connectivity index (χ4n) is 2.90. The maximum absolute atomic E-state index is 13.0. The molecule has 23 heavy (non-hydrogen) atoms. The van der Waals surface area contributed by atoms with Gasteiger partial charge in [-0.3, -0.25) is 4.79 Å². The van der Waals surface area contributed by atoms with Crippen LogP contribution in [0.4, 0.5) is 4.39 Å². The average molecular weight is 316 g/mol. The third kappa shape index (κ3) is 3.27. The number of benzene rings is 1. The first-order valence-corrected chi connectivity index (χ1v) is 7.88. The predicted octanol–water partition coefficient (Wildman–Crippen LogP) is 2.05. The highest BCUT2D eigenvalue weighted by atomic mass is 19.1. The van der Waals surface area contributed by atoms with E-state index in [1.807, 2.05) is 6.92 Å². The molecular weight excluding hydrogens is 295 g/mol. The molecule has 3 rings (SSSR count). The van der Waals surface area contributed by atoms with E-state index in [9.17, 15) is 9.18 Å². The van der Waals surface area contributed by atoms with Crippen LogP contribution in [0.15, 0.2) is 30.5 Å². The Morgan fingerprint density at radius 2 is 2.13 bits per heavy atom. The zero-order valence-corrected chi connectivity index (χ0v) is 13.3. The molecule has 122 valence electrons. The normalized spacial score (nSPS) is 21.2. The molecule has 0 radical (unpaired) electrons. The minimum absolute atomic E-state index is 0.114. The highest BCUT2D eigenvalue weighted by molar-refractivity contribution is 5.95. The summed E-state index contributed by atoms with van der Waals surface area (Å²) in [5, 5.41) is 10.7. The number of aromatic nitrogens is 2. The van der Waals surface area contributed by atoms with Gasteiger partial charge in [0.25, 0.3) is 5.91 Å². The molecule has 0 spiro atoms. The Morgan fingerprint density at radius 1 is 1.39 bits per heavy atom. The van der Waals surface area contributed by atoms with Crippen molar-refractivity contribution in [1.29, 1.82) is 0 Å². The summed E-state index contributed by atoms with van der Waals surface area (Å²) in [4.78, 5) is 12.5. The van der Waals surface area contributed by atoms with Gasteiger partial charge in [-0.15, -0.1) is 0 Å². The summed E-state index contributed by atoms with van der Waals surface area (Å²) in [5.41, 5.74) is 2.02. The number of rotatable bonds is 3. The molecule has 0 bridgehead atoms. The van der Waals surface area contributed by atoms with Crippen LogP contribution in [0.25, 0.3) is 5.69 Å². The lowest BCUT2D eigenvalue weighted by Gasteiger charge is -2.30. The Kier molecular flexibility index (Phi) is 4.43. The minimum atomic E-state index is -0.296. The summed E-state index contributed by atoms with van der Waals surface area (Å²) in [6.45, 7) is 5.78. The number of carbonyl (C=O) groups excluding carboxylic acids is 1. The molecule has 2 heterocycles. The second-order valence-electron chi connectivity index (χ2n) is 6.08. The van der Waals surface area contributed by atoms with Gasteiger partial charge in [-0.2, -0.15) is 5.10 Å². The number of nitrogens with zero attached hydrogens (tertiary/aromatic N) is 2. The van der Waals surface area contributed by atoms with Crippen LogP contribution in [-0.2, 0) is 0 Å². The Morgan fingerprint density at radius 3 is 2.83 bits per heavy atom. The summed E-state index contributed by atoms with van der Waals surface area (Å²) in [5.74, 6) is 0.0411. The number of amides is 1. The third-order valence-corrected chi connectivity index (χ3v) is 4.47. The van der Waals surface area contributed by atoms with Gasteiger partial charge in [-0.05, 0) is 50.1 Å². The molecule has 2 atom stereocenters. The van der Waals surface area contributed by atoms with Gasteiger partial charge in [0.1, 0.15) is 5.82 Å². The fourth-order valence-corrected chi connectivity index (χ4v) is 2.90. The molecular formula is C17H21FN4O. The fraction of sp³-hybridized carbons (Fsp3) is 0.412. The Bertz CT molecular complexity index is 695. The lowest BCUT2D eigenvalue weighted by Crippen LogP contribution is -2.50. The van der Waals surface area contributed by atoms with Crippen LogP contribution < -0.4 is 10.6 Å². The Balaban J connectivity index is 1.78. The second kappa shape index (κ2) is 6.50. The van der Waals surface area contributed by atoms with Crippen molar-refractivity contribution in [2.45, 2.75) is 26.3 Å². The molecule has 2 unspecified atom stereocenters. The molecule has 6 heteroatoms. The monoisotopic (exact) mass is 316 g/mol. The third-order valence-electron chi connectivity index (χ3n) is 4.47. The standard InChI is InChI=1S/C17H21FN4O/c1-11-7-8-19-10-16(11)21-17(23)15-9-20-22(12(15)2)14-5-3-13(18)4-6-14/h3-6,9,11,16,19H,7-8,10H2,1-2H3,(H,21,23). The van der Waals surface area contributed by atoms with Crippen LogP contribution in [0.2, 0.25) is 0 Å². The molecule has 1 aliphatic heterocycles. The molecule has 1 aromatic carbocycles. The largest absolute Gasteiger partial charge is 0.348 e. The molecule has 0 saturated carbocycles. The predicted molar refractivity (Wildman–Crippen MR) is 86.2 cm³/mol. The molecule has 2 N–H and O–H groups in total.